The van der Waals surface area contributed by atoms with Crippen LogP contribution in [-0.4, -0.2) is 26.9 Å². The first-order valence-electron chi connectivity index (χ1n) is 5.05. The number of nitrogens with zero attached hydrogens (tertiary/aromatic N) is 1. The van der Waals surface area contributed by atoms with Crippen molar-refractivity contribution in [2.24, 2.45) is 0 Å². The zero-order chi connectivity index (χ0) is 13.1. The van der Waals surface area contributed by atoms with Gasteiger partial charge in [0.05, 0.1) is 24.9 Å². The first-order valence-corrected chi connectivity index (χ1v) is 5.05. The molecule has 0 spiro atoms. The molecule has 0 radical (unpaired) electrons. The van der Waals surface area contributed by atoms with Gasteiger partial charge in [-0.05, 0) is 12.1 Å². The van der Waals surface area contributed by atoms with Crippen molar-refractivity contribution < 1.29 is 17.9 Å². The highest BCUT2D eigenvalue weighted by molar-refractivity contribution is 5.69. The molecule has 0 atom stereocenters. The third-order valence-corrected chi connectivity index (χ3v) is 2.38. The van der Waals surface area contributed by atoms with Gasteiger partial charge in [-0.3, -0.25) is 0 Å². The standard InChI is InChI=1S/C11H15F3N2O/c1-16(6-5-11(12,13)14)10-7-8(17-2)3-4-9(10)15/h3-4,7H,5-6,15H2,1-2H3. The number of anilines is 2. The van der Waals surface area contributed by atoms with Crippen LogP contribution in [0.25, 0.3) is 0 Å². The van der Waals surface area contributed by atoms with Crippen molar-refractivity contribution in [1.29, 1.82) is 0 Å². The Morgan fingerprint density at radius 1 is 1.35 bits per heavy atom. The van der Waals surface area contributed by atoms with E-state index in [1.165, 1.54) is 12.0 Å². The second-order valence-electron chi connectivity index (χ2n) is 3.71. The minimum absolute atomic E-state index is 0.138. The van der Waals surface area contributed by atoms with Gasteiger partial charge < -0.3 is 15.4 Å². The number of hydrogen-bond acceptors (Lipinski definition) is 3. The lowest BCUT2D eigenvalue weighted by Crippen LogP contribution is -2.24. The summed E-state index contributed by atoms with van der Waals surface area (Å²) in [7, 11) is 3.06. The number of methoxy groups -OCH3 is 1. The summed E-state index contributed by atoms with van der Waals surface area (Å²) in [6, 6.07) is 4.89. The average Bonchev–Trinajstić information content (AvgIpc) is 2.25. The zero-order valence-corrected chi connectivity index (χ0v) is 9.71. The first-order chi connectivity index (χ1) is 7.83. The molecule has 3 nitrogen and oxygen atoms in total. The van der Waals surface area contributed by atoms with Gasteiger partial charge in [0.2, 0.25) is 0 Å². The number of nitrogens with two attached hydrogens (primary N) is 1. The molecule has 0 aliphatic carbocycles. The Morgan fingerprint density at radius 2 is 2.00 bits per heavy atom. The van der Waals surface area contributed by atoms with Crippen LogP contribution >= 0.6 is 0 Å². The maximum Gasteiger partial charge on any atom is 0.390 e. The van der Waals surface area contributed by atoms with Crippen LogP contribution in [0.15, 0.2) is 18.2 Å². The van der Waals surface area contributed by atoms with E-state index < -0.39 is 12.6 Å². The number of rotatable bonds is 4. The second-order valence-corrected chi connectivity index (χ2v) is 3.71. The minimum atomic E-state index is -4.16. The molecule has 0 aliphatic heterocycles. The SMILES string of the molecule is COc1ccc(N)c(N(C)CCC(F)(F)F)c1. The van der Waals surface area contributed by atoms with Crippen LogP contribution in [0, 0.1) is 0 Å². The maximum absolute atomic E-state index is 12.1. The summed E-state index contributed by atoms with van der Waals surface area (Å²) in [5.41, 5.74) is 6.67. The molecular weight excluding hydrogens is 233 g/mol. The number of nitrogen functional groups attached to an aromatic ring is 1. The van der Waals surface area contributed by atoms with Crippen molar-refractivity contribution in [2.75, 3.05) is 31.3 Å². The molecule has 0 saturated carbocycles. The molecule has 1 aromatic rings. The third kappa shape index (κ3) is 4.05. The lowest BCUT2D eigenvalue weighted by atomic mass is 10.2. The fraction of sp³-hybridized carbons (Fsp3) is 0.455. The molecule has 0 fully saturated rings. The van der Waals surface area contributed by atoms with Crippen LogP contribution in [0.3, 0.4) is 0 Å². The molecule has 0 saturated heterocycles. The van der Waals surface area contributed by atoms with E-state index in [1.54, 1.807) is 25.2 Å². The Morgan fingerprint density at radius 3 is 2.53 bits per heavy atom. The monoisotopic (exact) mass is 248 g/mol. The van der Waals surface area contributed by atoms with E-state index in [1.807, 2.05) is 0 Å². The molecule has 6 heteroatoms. The highest BCUT2D eigenvalue weighted by Crippen LogP contribution is 2.28. The first kappa shape index (κ1) is 13.5. The molecule has 0 unspecified atom stereocenters. The number of benzene rings is 1. The van der Waals surface area contributed by atoms with Gasteiger partial charge in [0, 0.05) is 19.7 Å². The van der Waals surface area contributed by atoms with E-state index in [-0.39, 0.29) is 6.54 Å². The highest BCUT2D eigenvalue weighted by atomic mass is 19.4. The predicted octanol–water partition coefficient (Wildman–Crippen LogP) is 2.67. The number of halogens is 3. The molecule has 1 aromatic carbocycles. The Balaban J connectivity index is 2.77. The van der Waals surface area contributed by atoms with E-state index in [9.17, 15) is 13.2 Å². The van der Waals surface area contributed by atoms with E-state index in [4.69, 9.17) is 10.5 Å². The number of ether oxygens (including phenoxy) is 1. The second kappa shape index (κ2) is 5.16. The van der Waals surface area contributed by atoms with Crippen molar-refractivity contribution >= 4 is 11.4 Å². The Labute approximate surface area is 98.0 Å². The van der Waals surface area contributed by atoms with Gasteiger partial charge in [0.15, 0.2) is 0 Å². The lowest BCUT2D eigenvalue weighted by Gasteiger charge is -2.22. The Bertz CT molecular complexity index is 379. The third-order valence-electron chi connectivity index (χ3n) is 2.38. The van der Waals surface area contributed by atoms with Crippen molar-refractivity contribution in [3.8, 4) is 5.75 Å². The van der Waals surface area contributed by atoms with Gasteiger partial charge in [0.25, 0.3) is 0 Å². The van der Waals surface area contributed by atoms with Gasteiger partial charge in [-0.1, -0.05) is 0 Å². The summed E-state index contributed by atoms with van der Waals surface area (Å²) >= 11 is 0. The topological polar surface area (TPSA) is 38.5 Å². The van der Waals surface area contributed by atoms with Crippen LogP contribution < -0.4 is 15.4 Å². The maximum atomic E-state index is 12.1. The Kier molecular flexibility index (Phi) is 4.09. The highest BCUT2D eigenvalue weighted by Gasteiger charge is 2.27. The molecular formula is C11H15F3N2O. The fourth-order valence-corrected chi connectivity index (χ4v) is 1.40. The summed E-state index contributed by atoms with van der Waals surface area (Å²) in [5, 5.41) is 0. The van der Waals surface area contributed by atoms with E-state index in [2.05, 4.69) is 0 Å². The van der Waals surface area contributed by atoms with Gasteiger partial charge in [-0.15, -0.1) is 0 Å². The van der Waals surface area contributed by atoms with Crippen LogP contribution in [0.2, 0.25) is 0 Å². The van der Waals surface area contributed by atoms with Gasteiger partial charge in [-0.25, -0.2) is 0 Å². The van der Waals surface area contributed by atoms with Gasteiger partial charge >= 0.3 is 6.18 Å². The lowest BCUT2D eigenvalue weighted by molar-refractivity contribution is -0.132. The van der Waals surface area contributed by atoms with Crippen LogP contribution in [0.1, 0.15) is 6.42 Å². The summed E-state index contributed by atoms with van der Waals surface area (Å²) in [6.45, 7) is -0.138. The van der Waals surface area contributed by atoms with E-state index >= 15 is 0 Å². The fourth-order valence-electron chi connectivity index (χ4n) is 1.40. The van der Waals surface area contributed by atoms with Crippen LogP contribution in [-0.2, 0) is 0 Å². The van der Waals surface area contributed by atoms with Crippen LogP contribution in [0.5, 0.6) is 5.75 Å². The zero-order valence-electron chi connectivity index (χ0n) is 9.71. The molecule has 0 heterocycles. The number of hydrogen-bond donors (Lipinski definition) is 1. The largest absolute Gasteiger partial charge is 0.497 e. The molecule has 2 N–H and O–H groups in total. The molecule has 0 amide bonds. The average molecular weight is 248 g/mol. The molecule has 0 bridgehead atoms. The minimum Gasteiger partial charge on any atom is -0.497 e. The van der Waals surface area contributed by atoms with Gasteiger partial charge in [0.1, 0.15) is 5.75 Å². The summed E-state index contributed by atoms with van der Waals surface area (Å²) in [5.74, 6) is 0.563. The summed E-state index contributed by atoms with van der Waals surface area (Å²) < 4.78 is 41.3. The van der Waals surface area contributed by atoms with E-state index in [0.717, 1.165) is 0 Å². The summed E-state index contributed by atoms with van der Waals surface area (Å²) in [4.78, 5) is 1.46. The quantitative estimate of drug-likeness (QED) is 0.832. The normalized spacial score (nSPS) is 11.4. The molecule has 17 heavy (non-hydrogen) atoms. The van der Waals surface area contributed by atoms with Crippen molar-refractivity contribution in [1.82, 2.24) is 0 Å². The van der Waals surface area contributed by atoms with Crippen LogP contribution in [0.4, 0.5) is 24.5 Å². The predicted molar refractivity (Wildman–Crippen MR) is 61.3 cm³/mol. The van der Waals surface area contributed by atoms with Crippen molar-refractivity contribution in [3.05, 3.63) is 18.2 Å². The molecule has 1 rings (SSSR count). The van der Waals surface area contributed by atoms with Gasteiger partial charge in [-0.2, -0.15) is 13.2 Å². The molecule has 0 aliphatic rings. The smallest absolute Gasteiger partial charge is 0.390 e. The Hall–Kier alpha value is -1.59. The molecule has 0 aromatic heterocycles. The van der Waals surface area contributed by atoms with Crippen molar-refractivity contribution in [2.45, 2.75) is 12.6 Å². The van der Waals surface area contributed by atoms with E-state index in [0.29, 0.717) is 17.1 Å². The number of alkyl halides is 3. The summed E-state index contributed by atoms with van der Waals surface area (Å²) in [6.07, 6.45) is -5.04. The van der Waals surface area contributed by atoms with Crippen molar-refractivity contribution in [3.63, 3.8) is 0 Å². The molecule has 96 valence electrons.